The number of hydrogen-bond acceptors (Lipinski definition) is 6. The molecule has 1 aromatic carbocycles. The van der Waals surface area contributed by atoms with E-state index in [4.69, 9.17) is 13.9 Å². The van der Waals surface area contributed by atoms with E-state index in [9.17, 15) is 0 Å². The van der Waals surface area contributed by atoms with Gasteiger partial charge < -0.3 is 24.5 Å². The number of aromatic amines is 1. The minimum atomic E-state index is 0.463. The predicted octanol–water partition coefficient (Wildman–Crippen LogP) is 2.77. The van der Waals surface area contributed by atoms with Gasteiger partial charge in [0.2, 0.25) is 5.82 Å². The van der Waals surface area contributed by atoms with Crippen LogP contribution in [0.3, 0.4) is 0 Å². The Morgan fingerprint density at radius 2 is 1.97 bits per heavy atom. The summed E-state index contributed by atoms with van der Waals surface area (Å²) < 4.78 is 16.6. The van der Waals surface area contributed by atoms with Gasteiger partial charge in [0.15, 0.2) is 23.2 Å². The first-order valence-electron chi connectivity index (χ1n) is 10.0. The van der Waals surface area contributed by atoms with Crippen LogP contribution >= 0.6 is 0 Å². The molecule has 0 saturated carbocycles. The van der Waals surface area contributed by atoms with Gasteiger partial charge >= 0.3 is 0 Å². The molecule has 0 aliphatic heterocycles. The lowest BCUT2D eigenvalue weighted by atomic mass is 10.1. The highest BCUT2D eigenvalue weighted by Gasteiger charge is 2.09. The van der Waals surface area contributed by atoms with Gasteiger partial charge in [-0.2, -0.15) is 0 Å². The van der Waals surface area contributed by atoms with E-state index in [2.05, 4.69) is 36.9 Å². The van der Waals surface area contributed by atoms with E-state index in [1.165, 1.54) is 0 Å². The SMILES string of the molecule is CCOc1ccc(CCNC(=NC)NCc2nc(-c3ccco3)n[nH]2)cc1OCC. The molecule has 2 aromatic heterocycles. The van der Waals surface area contributed by atoms with Crippen molar-refractivity contribution in [3.05, 3.63) is 48.0 Å². The standard InChI is InChI=1S/C21H28N6O3/c1-4-28-16-9-8-15(13-18(16)29-5-2)10-11-23-21(22-3)24-14-19-25-20(27-26-19)17-7-6-12-30-17/h6-9,12-13H,4-5,10-11,14H2,1-3H3,(H2,22,23,24)(H,25,26,27). The average molecular weight is 412 g/mol. The quantitative estimate of drug-likeness (QED) is 0.347. The number of H-pyrrole nitrogens is 1. The maximum absolute atomic E-state index is 5.69. The number of furan rings is 1. The van der Waals surface area contributed by atoms with Gasteiger partial charge in [-0.25, -0.2) is 4.98 Å². The summed E-state index contributed by atoms with van der Waals surface area (Å²) in [4.78, 5) is 8.65. The minimum absolute atomic E-state index is 0.463. The molecule has 30 heavy (non-hydrogen) atoms. The molecule has 0 aliphatic carbocycles. The summed E-state index contributed by atoms with van der Waals surface area (Å²) >= 11 is 0. The Balaban J connectivity index is 1.48. The molecular weight excluding hydrogens is 384 g/mol. The van der Waals surface area contributed by atoms with Crippen LogP contribution in [0.2, 0.25) is 0 Å². The number of ether oxygens (including phenoxy) is 2. The Bertz CT molecular complexity index is 936. The molecule has 9 nitrogen and oxygen atoms in total. The minimum Gasteiger partial charge on any atom is -0.490 e. The van der Waals surface area contributed by atoms with Gasteiger partial charge in [-0.05, 0) is 50.1 Å². The summed E-state index contributed by atoms with van der Waals surface area (Å²) in [6, 6.07) is 9.65. The van der Waals surface area contributed by atoms with Gasteiger partial charge in [0, 0.05) is 13.6 Å². The summed E-state index contributed by atoms with van der Waals surface area (Å²) in [5.41, 5.74) is 1.16. The molecule has 3 rings (SSSR count). The highest BCUT2D eigenvalue weighted by Crippen LogP contribution is 2.28. The molecule has 0 bridgehead atoms. The van der Waals surface area contributed by atoms with Crippen LogP contribution in [0.4, 0.5) is 0 Å². The van der Waals surface area contributed by atoms with Gasteiger partial charge in [0.25, 0.3) is 0 Å². The third-order valence-electron chi connectivity index (χ3n) is 4.23. The fourth-order valence-electron chi connectivity index (χ4n) is 2.85. The number of aliphatic imine (C=N–C) groups is 1. The first-order chi connectivity index (χ1) is 14.7. The molecule has 9 heteroatoms. The number of hydrogen-bond donors (Lipinski definition) is 3. The van der Waals surface area contributed by atoms with E-state index in [1.54, 1.807) is 19.4 Å². The number of rotatable bonds is 10. The average Bonchev–Trinajstić information content (AvgIpc) is 3.44. The summed E-state index contributed by atoms with van der Waals surface area (Å²) in [5, 5.41) is 13.6. The van der Waals surface area contributed by atoms with E-state index >= 15 is 0 Å². The van der Waals surface area contributed by atoms with Gasteiger partial charge in [-0.3, -0.25) is 10.1 Å². The Morgan fingerprint density at radius 1 is 1.13 bits per heavy atom. The molecule has 3 aromatic rings. The summed E-state index contributed by atoms with van der Waals surface area (Å²) in [6.45, 7) is 6.31. The molecule has 0 saturated heterocycles. The topological polar surface area (TPSA) is 110 Å². The lowest BCUT2D eigenvalue weighted by molar-refractivity contribution is 0.287. The van der Waals surface area contributed by atoms with Crippen LogP contribution < -0.4 is 20.1 Å². The van der Waals surface area contributed by atoms with Crippen molar-refractivity contribution in [2.45, 2.75) is 26.8 Å². The van der Waals surface area contributed by atoms with Crippen molar-refractivity contribution in [3.63, 3.8) is 0 Å². The number of aromatic nitrogens is 3. The Labute approximate surface area is 175 Å². The van der Waals surface area contributed by atoms with Gasteiger partial charge in [-0.15, -0.1) is 5.10 Å². The maximum atomic E-state index is 5.69. The second-order valence-corrected chi connectivity index (χ2v) is 6.33. The molecule has 0 unspecified atom stereocenters. The fourth-order valence-corrected chi connectivity index (χ4v) is 2.85. The molecule has 0 amide bonds. The number of guanidine groups is 1. The van der Waals surface area contributed by atoms with Crippen molar-refractivity contribution in [1.82, 2.24) is 25.8 Å². The largest absolute Gasteiger partial charge is 0.490 e. The van der Waals surface area contributed by atoms with Crippen molar-refractivity contribution in [1.29, 1.82) is 0 Å². The van der Waals surface area contributed by atoms with Crippen LogP contribution in [0.1, 0.15) is 25.2 Å². The zero-order chi connectivity index (χ0) is 21.2. The number of nitrogens with one attached hydrogen (secondary N) is 3. The second kappa shape index (κ2) is 10.9. The third-order valence-corrected chi connectivity index (χ3v) is 4.23. The second-order valence-electron chi connectivity index (χ2n) is 6.33. The third kappa shape index (κ3) is 5.76. The Hall–Kier alpha value is -3.49. The first-order valence-corrected chi connectivity index (χ1v) is 10.0. The molecule has 3 N–H and O–H groups in total. The summed E-state index contributed by atoms with van der Waals surface area (Å²) in [6.07, 6.45) is 2.41. The molecule has 0 atom stereocenters. The zero-order valence-electron chi connectivity index (χ0n) is 17.6. The monoisotopic (exact) mass is 412 g/mol. The molecule has 0 aliphatic rings. The van der Waals surface area contributed by atoms with Crippen LogP contribution in [0.25, 0.3) is 11.6 Å². The molecule has 0 radical (unpaired) electrons. The summed E-state index contributed by atoms with van der Waals surface area (Å²) in [5.74, 6) is 4.08. The Kier molecular flexibility index (Phi) is 7.71. The zero-order valence-corrected chi connectivity index (χ0v) is 17.6. The number of nitrogens with zero attached hydrogens (tertiary/aromatic N) is 3. The summed E-state index contributed by atoms with van der Waals surface area (Å²) in [7, 11) is 1.73. The van der Waals surface area contributed by atoms with E-state index in [1.807, 2.05) is 32.0 Å². The maximum Gasteiger partial charge on any atom is 0.216 e. The van der Waals surface area contributed by atoms with Crippen LogP contribution in [0, 0.1) is 0 Å². The van der Waals surface area contributed by atoms with Crippen LogP contribution in [-0.4, -0.2) is 47.9 Å². The molecular formula is C21H28N6O3. The number of benzene rings is 1. The van der Waals surface area contributed by atoms with Crippen LogP contribution in [0.5, 0.6) is 11.5 Å². The fraction of sp³-hybridized carbons (Fsp3) is 0.381. The van der Waals surface area contributed by atoms with Gasteiger partial charge in [-0.1, -0.05) is 6.07 Å². The highest BCUT2D eigenvalue weighted by atomic mass is 16.5. The smallest absolute Gasteiger partial charge is 0.216 e. The van der Waals surface area contributed by atoms with Crippen molar-refractivity contribution in [2.24, 2.45) is 4.99 Å². The van der Waals surface area contributed by atoms with E-state index in [0.29, 0.717) is 49.7 Å². The normalized spacial score (nSPS) is 11.4. The van der Waals surface area contributed by atoms with Crippen molar-refractivity contribution in [3.8, 4) is 23.1 Å². The Morgan fingerprint density at radius 3 is 2.70 bits per heavy atom. The molecule has 0 spiro atoms. The molecule has 160 valence electrons. The van der Waals surface area contributed by atoms with Gasteiger partial charge in [0.05, 0.1) is 26.0 Å². The highest BCUT2D eigenvalue weighted by molar-refractivity contribution is 5.79. The van der Waals surface area contributed by atoms with Gasteiger partial charge in [0.1, 0.15) is 5.82 Å². The molecule has 0 fully saturated rings. The van der Waals surface area contributed by atoms with Crippen LogP contribution in [0.15, 0.2) is 46.0 Å². The lowest BCUT2D eigenvalue weighted by Gasteiger charge is -2.13. The van der Waals surface area contributed by atoms with E-state index in [0.717, 1.165) is 23.5 Å². The predicted molar refractivity (Wildman–Crippen MR) is 115 cm³/mol. The van der Waals surface area contributed by atoms with Crippen molar-refractivity contribution < 1.29 is 13.9 Å². The van der Waals surface area contributed by atoms with E-state index < -0.39 is 0 Å². The van der Waals surface area contributed by atoms with E-state index in [-0.39, 0.29) is 0 Å². The first kappa shape index (κ1) is 21.2. The van der Waals surface area contributed by atoms with Crippen molar-refractivity contribution >= 4 is 5.96 Å². The lowest BCUT2D eigenvalue weighted by Crippen LogP contribution is -2.38. The van der Waals surface area contributed by atoms with Crippen molar-refractivity contribution in [2.75, 3.05) is 26.8 Å². The molecule has 2 heterocycles. The van der Waals surface area contributed by atoms with Crippen LogP contribution in [-0.2, 0) is 13.0 Å².